The lowest BCUT2D eigenvalue weighted by Crippen LogP contribution is -2.49. The van der Waals surface area contributed by atoms with Crippen LogP contribution in [0.25, 0.3) is 0 Å². The molecule has 0 heterocycles. The molecule has 0 fully saturated rings. The van der Waals surface area contributed by atoms with Crippen LogP contribution in [0.5, 0.6) is 0 Å². The van der Waals surface area contributed by atoms with Gasteiger partial charge in [-0.1, -0.05) is 13.8 Å². The lowest BCUT2D eigenvalue weighted by molar-refractivity contribution is -0.128. The summed E-state index contributed by atoms with van der Waals surface area (Å²) in [5.41, 5.74) is 0. The molecule has 0 aromatic carbocycles. The normalized spacial score (nSPS) is 14.4. The van der Waals surface area contributed by atoms with Gasteiger partial charge in [-0.15, -0.1) is 0 Å². The molecular weight excluding hydrogens is 208 g/mol. The maximum Gasteiger partial charge on any atom is 0.242 e. The van der Waals surface area contributed by atoms with Crippen LogP contribution in [-0.4, -0.2) is 35.6 Å². The van der Waals surface area contributed by atoms with Crippen LogP contribution in [-0.2, 0) is 9.59 Å². The maximum absolute atomic E-state index is 11.7. The van der Waals surface area contributed by atoms with Crippen LogP contribution in [0.4, 0.5) is 0 Å². The van der Waals surface area contributed by atoms with Gasteiger partial charge >= 0.3 is 0 Å². The first-order valence-corrected chi connectivity index (χ1v) is 5.56. The molecule has 2 atom stereocenters. The average molecular weight is 230 g/mol. The fourth-order valence-electron chi connectivity index (χ4n) is 1.39. The van der Waals surface area contributed by atoms with Crippen LogP contribution in [0.3, 0.4) is 0 Å². The summed E-state index contributed by atoms with van der Waals surface area (Å²) in [7, 11) is 0. The summed E-state index contributed by atoms with van der Waals surface area (Å²) in [6.07, 6.45) is 0.524. The Morgan fingerprint density at radius 2 is 1.75 bits per heavy atom. The molecule has 5 nitrogen and oxygen atoms in total. The van der Waals surface area contributed by atoms with Crippen LogP contribution in [0.1, 0.15) is 34.1 Å². The Morgan fingerprint density at radius 1 is 1.19 bits per heavy atom. The van der Waals surface area contributed by atoms with Crippen molar-refractivity contribution in [2.75, 3.05) is 6.61 Å². The van der Waals surface area contributed by atoms with Gasteiger partial charge in [-0.25, -0.2) is 0 Å². The second-order valence-corrected chi connectivity index (χ2v) is 4.29. The van der Waals surface area contributed by atoms with Crippen molar-refractivity contribution in [1.82, 2.24) is 10.6 Å². The van der Waals surface area contributed by atoms with Gasteiger partial charge in [-0.2, -0.15) is 0 Å². The van der Waals surface area contributed by atoms with Gasteiger partial charge in [0.1, 0.15) is 6.04 Å². The first kappa shape index (κ1) is 14.9. The van der Waals surface area contributed by atoms with Gasteiger partial charge in [-0.3, -0.25) is 9.59 Å². The predicted molar refractivity (Wildman–Crippen MR) is 61.8 cm³/mol. The van der Waals surface area contributed by atoms with Crippen LogP contribution < -0.4 is 10.6 Å². The number of nitrogens with one attached hydrogen (secondary N) is 2. The summed E-state index contributed by atoms with van der Waals surface area (Å²) in [5.74, 6) is -0.200. The minimum absolute atomic E-state index is 0.0393. The van der Waals surface area contributed by atoms with E-state index in [4.69, 9.17) is 5.11 Å². The molecule has 94 valence electrons. The largest absolute Gasteiger partial charge is 0.396 e. The van der Waals surface area contributed by atoms with Crippen molar-refractivity contribution in [3.05, 3.63) is 0 Å². The minimum atomic E-state index is -0.544. The van der Waals surface area contributed by atoms with Gasteiger partial charge in [0.2, 0.25) is 11.8 Å². The summed E-state index contributed by atoms with van der Waals surface area (Å²) in [6, 6.07) is -0.605. The van der Waals surface area contributed by atoms with Crippen molar-refractivity contribution in [2.45, 2.75) is 46.2 Å². The monoisotopic (exact) mass is 230 g/mol. The Labute approximate surface area is 96.6 Å². The van der Waals surface area contributed by atoms with Gasteiger partial charge < -0.3 is 15.7 Å². The Balaban J connectivity index is 4.22. The van der Waals surface area contributed by atoms with Gasteiger partial charge in [0.15, 0.2) is 0 Å². The number of hydrogen-bond donors (Lipinski definition) is 3. The van der Waals surface area contributed by atoms with Gasteiger partial charge in [0.25, 0.3) is 0 Å². The van der Waals surface area contributed by atoms with Gasteiger partial charge in [0, 0.05) is 19.6 Å². The minimum Gasteiger partial charge on any atom is -0.396 e. The highest BCUT2D eigenvalue weighted by Gasteiger charge is 2.19. The molecule has 0 spiro atoms. The predicted octanol–water partition coefficient (Wildman–Crippen LogP) is 0.0342. The van der Waals surface area contributed by atoms with E-state index < -0.39 is 6.04 Å². The van der Waals surface area contributed by atoms with Crippen molar-refractivity contribution in [2.24, 2.45) is 5.92 Å². The first-order valence-electron chi connectivity index (χ1n) is 5.56. The molecule has 0 saturated carbocycles. The Hall–Kier alpha value is -1.10. The first-order chi connectivity index (χ1) is 7.38. The SMILES string of the molecule is CC(=O)NC(C)C(=O)NC(CCO)C(C)C. The topological polar surface area (TPSA) is 78.4 Å². The molecule has 0 radical (unpaired) electrons. The maximum atomic E-state index is 11.7. The molecule has 0 aliphatic heterocycles. The van der Waals surface area contributed by atoms with E-state index in [1.54, 1.807) is 6.92 Å². The van der Waals surface area contributed by atoms with Crippen molar-refractivity contribution in [1.29, 1.82) is 0 Å². The number of aliphatic hydroxyl groups excluding tert-OH is 1. The molecule has 16 heavy (non-hydrogen) atoms. The van der Waals surface area contributed by atoms with E-state index in [-0.39, 0.29) is 30.4 Å². The standard InChI is InChI=1S/C11H22N2O3/c1-7(2)10(5-6-14)13-11(16)8(3)12-9(4)15/h7-8,10,14H,5-6H2,1-4H3,(H,12,15)(H,13,16). The number of aliphatic hydroxyl groups is 1. The number of amides is 2. The molecule has 0 bridgehead atoms. The highest BCUT2D eigenvalue weighted by Crippen LogP contribution is 2.05. The molecule has 0 rings (SSSR count). The lowest BCUT2D eigenvalue weighted by atomic mass is 10.0. The molecule has 5 heteroatoms. The van der Waals surface area contributed by atoms with Crippen molar-refractivity contribution < 1.29 is 14.7 Å². The molecule has 0 aliphatic rings. The fraction of sp³-hybridized carbons (Fsp3) is 0.818. The molecular formula is C11H22N2O3. The van der Waals surface area contributed by atoms with E-state index in [2.05, 4.69) is 10.6 Å². The van der Waals surface area contributed by atoms with Crippen LogP contribution in [0, 0.1) is 5.92 Å². The average Bonchev–Trinajstić information content (AvgIpc) is 2.15. The molecule has 3 N–H and O–H groups in total. The quantitative estimate of drug-likeness (QED) is 0.602. The molecule has 0 aliphatic carbocycles. The Morgan fingerprint density at radius 3 is 2.12 bits per heavy atom. The Kier molecular flexibility index (Phi) is 6.72. The summed E-state index contributed by atoms with van der Waals surface area (Å²) < 4.78 is 0. The van der Waals surface area contributed by atoms with Crippen LogP contribution in [0.15, 0.2) is 0 Å². The zero-order valence-electron chi connectivity index (χ0n) is 10.4. The molecule has 2 unspecified atom stereocenters. The smallest absolute Gasteiger partial charge is 0.242 e. The van der Waals surface area contributed by atoms with Crippen LogP contribution >= 0.6 is 0 Å². The number of carbonyl (C=O) groups is 2. The van der Waals surface area contributed by atoms with E-state index in [0.717, 1.165) is 0 Å². The van der Waals surface area contributed by atoms with Crippen molar-refractivity contribution in [3.8, 4) is 0 Å². The van der Waals surface area contributed by atoms with Crippen LogP contribution in [0.2, 0.25) is 0 Å². The number of hydrogen-bond acceptors (Lipinski definition) is 3. The van der Waals surface area contributed by atoms with Crippen molar-refractivity contribution >= 4 is 11.8 Å². The lowest BCUT2D eigenvalue weighted by Gasteiger charge is -2.23. The zero-order chi connectivity index (χ0) is 12.7. The van der Waals surface area contributed by atoms with E-state index in [0.29, 0.717) is 6.42 Å². The zero-order valence-corrected chi connectivity index (χ0v) is 10.4. The third-order valence-electron chi connectivity index (χ3n) is 2.39. The molecule has 0 aromatic rings. The summed E-state index contributed by atoms with van der Waals surface area (Å²) in [4.78, 5) is 22.4. The number of carbonyl (C=O) groups excluding carboxylic acids is 2. The van der Waals surface area contributed by atoms with E-state index >= 15 is 0 Å². The molecule has 0 saturated heterocycles. The Bertz CT molecular complexity index is 241. The second-order valence-electron chi connectivity index (χ2n) is 4.29. The highest BCUT2D eigenvalue weighted by molar-refractivity contribution is 5.86. The second kappa shape index (κ2) is 7.22. The van der Waals surface area contributed by atoms with E-state index in [1.165, 1.54) is 6.92 Å². The van der Waals surface area contributed by atoms with Crippen molar-refractivity contribution in [3.63, 3.8) is 0 Å². The summed E-state index contributed by atoms with van der Waals surface area (Å²) in [5, 5.41) is 14.2. The summed E-state index contributed by atoms with van der Waals surface area (Å²) in [6.45, 7) is 7.00. The third kappa shape index (κ3) is 5.70. The van der Waals surface area contributed by atoms with E-state index in [9.17, 15) is 9.59 Å². The molecule has 0 aromatic heterocycles. The fourth-order valence-corrected chi connectivity index (χ4v) is 1.39. The highest BCUT2D eigenvalue weighted by atomic mass is 16.3. The summed E-state index contributed by atoms with van der Waals surface area (Å²) >= 11 is 0. The molecule has 2 amide bonds. The number of rotatable bonds is 6. The van der Waals surface area contributed by atoms with Gasteiger partial charge in [-0.05, 0) is 19.3 Å². The van der Waals surface area contributed by atoms with Gasteiger partial charge in [0.05, 0.1) is 0 Å². The van der Waals surface area contributed by atoms with E-state index in [1.807, 2.05) is 13.8 Å². The third-order valence-corrected chi connectivity index (χ3v) is 2.39.